The Hall–Kier alpha value is -1.71. The van der Waals surface area contributed by atoms with Gasteiger partial charge in [0.1, 0.15) is 5.75 Å². The van der Waals surface area contributed by atoms with Gasteiger partial charge in [0.05, 0.1) is 13.2 Å². The molecular weight excluding hydrogens is 240 g/mol. The molecule has 0 saturated carbocycles. The van der Waals surface area contributed by atoms with Crippen LogP contribution >= 0.6 is 0 Å². The minimum atomic E-state index is 0.189. The second kappa shape index (κ2) is 7.02. The maximum Gasteiger partial charge on any atom is 0.241 e. The molecule has 1 saturated heterocycles. The number of rotatable bonds is 5. The van der Waals surface area contributed by atoms with E-state index >= 15 is 0 Å². The van der Waals surface area contributed by atoms with E-state index in [1.54, 1.807) is 0 Å². The van der Waals surface area contributed by atoms with Gasteiger partial charge in [0.15, 0.2) is 0 Å². The minimum absolute atomic E-state index is 0.189. The van der Waals surface area contributed by atoms with Gasteiger partial charge in [0.25, 0.3) is 0 Å². The lowest BCUT2D eigenvalue weighted by atomic mass is 10.1. The van der Waals surface area contributed by atoms with Crippen molar-refractivity contribution in [1.29, 1.82) is 0 Å². The largest absolute Gasteiger partial charge is 0.494 e. The Bertz CT molecular complexity index is 397. The van der Waals surface area contributed by atoms with Crippen LogP contribution in [-0.2, 0) is 4.79 Å². The molecular formula is C15H22N2O2. The van der Waals surface area contributed by atoms with Crippen molar-refractivity contribution in [2.45, 2.75) is 26.2 Å². The molecule has 0 bridgehead atoms. The third-order valence-electron chi connectivity index (χ3n) is 3.32. The average molecular weight is 262 g/mol. The van der Waals surface area contributed by atoms with Crippen LogP contribution in [0.4, 0.5) is 5.69 Å². The number of nitrogens with zero attached hydrogens (tertiary/aromatic N) is 1. The van der Waals surface area contributed by atoms with E-state index < -0.39 is 0 Å². The zero-order valence-electron chi connectivity index (χ0n) is 11.5. The van der Waals surface area contributed by atoms with Crippen molar-refractivity contribution >= 4 is 11.6 Å². The molecule has 0 radical (unpaired) electrons. The molecule has 1 N–H and O–H groups in total. The first-order chi connectivity index (χ1) is 9.29. The summed E-state index contributed by atoms with van der Waals surface area (Å²) in [6.45, 7) is 4.81. The lowest BCUT2D eigenvalue weighted by Gasteiger charge is -2.26. The van der Waals surface area contributed by atoms with E-state index in [-0.39, 0.29) is 5.91 Å². The third-order valence-corrected chi connectivity index (χ3v) is 3.32. The second-order valence-electron chi connectivity index (χ2n) is 4.75. The summed E-state index contributed by atoms with van der Waals surface area (Å²) in [5, 5.41) is 3.16. The van der Waals surface area contributed by atoms with E-state index in [1.165, 1.54) is 6.42 Å². The van der Waals surface area contributed by atoms with Crippen LogP contribution in [0.15, 0.2) is 24.3 Å². The van der Waals surface area contributed by atoms with Gasteiger partial charge in [0, 0.05) is 18.8 Å². The standard InChI is InChI=1S/C15H22N2O2/c1-2-19-14-8-6-13(7-9-14)16-12-15(18)17-10-4-3-5-11-17/h6-9,16H,2-5,10-12H2,1H3. The van der Waals surface area contributed by atoms with Crippen molar-refractivity contribution in [2.24, 2.45) is 0 Å². The fourth-order valence-corrected chi connectivity index (χ4v) is 2.27. The normalized spacial score (nSPS) is 15.1. The van der Waals surface area contributed by atoms with Gasteiger partial charge in [0.2, 0.25) is 5.91 Å². The maximum absolute atomic E-state index is 12.0. The highest BCUT2D eigenvalue weighted by Gasteiger charge is 2.15. The molecule has 2 rings (SSSR count). The van der Waals surface area contributed by atoms with Gasteiger partial charge in [-0.15, -0.1) is 0 Å². The molecule has 1 aliphatic rings. The smallest absolute Gasteiger partial charge is 0.241 e. The summed E-state index contributed by atoms with van der Waals surface area (Å²) < 4.78 is 5.38. The molecule has 0 aromatic heterocycles. The summed E-state index contributed by atoms with van der Waals surface area (Å²) in [7, 11) is 0. The number of carbonyl (C=O) groups is 1. The zero-order chi connectivity index (χ0) is 13.5. The fraction of sp³-hybridized carbons (Fsp3) is 0.533. The Morgan fingerprint density at radius 2 is 1.89 bits per heavy atom. The van der Waals surface area contributed by atoms with E-state index in [9.17, 15) is 4.79 Å². The summed E-state index contributed by atoms with van der Waals surface area (Å²) in [4.78, 5) is 13.9. The number of nitrogens with one attached hydrogen (secondary N) is 1. The lowest BCUT2D eigenvalue weighted by Crippen LogP contribution is -2.39. The maximum atomic E-state index is 12.0. The van der Waals surface area contributed by atoms with Crippen LogP contribution in [0.3, 0.4) is 0 Å². The number of carbonyl (C=O) groups excluding carboxylic acids is 1. The van der Waals surface area contributed by atoms with Crippen molar-refractivity contribution < 1.29 is 9.53 Å². The third kappa shape index (κ3) is 4.16. The molecule has 19 heavy (non-hydrogen) atoms. The van der Waals surface area contributed by atoms with E-state index in [0.29, 0.717) is 13.2 Å². The van der Waals surface area contributed by atoms with E-state index in [4.69, 9.17) is 4.74 Å². The first-order valence-electron chi connectivity index (χ1n) is 7.04. The molecule has 1 fully saturated rings. The second-order valence-corrected chi connectivity index (χ2v) is 4.75. The Morgan fingerprint density at radius 3 is 2.53 bits per heavy atom. The summed E-state index contributed by atoms with van der Waals surface area (Å²) in [5.74, 6) is 1.05. The predicted molar refractivity (Wildman–Crippen MR) is 76.5 cm³/mol. The highest BCUT2D eigenvalue weighted by Crippen LogP contribution is 2.15. The number of amides is 1. The van der Waals surface area contributed by atoms with Crippen LogP contribution in [-0.4, -0.2) is 37.0 Å². The molecule has 1 aromatic carbocycles. The summed E-state index contributed by atoms with van der Waals surface area (Å²) in [5.41, 5.74) is 0.953. The number of piperidine rings is 1. The van der Waals surface area contributed by atoms with E-state index in [2.05, 4.69) is 5.32 Å². The lowest BCUT2D eigenvalue weighted by molar-refractivity contribution is -0.130. The quantitative estimate of drug-likeness (QED) is 0.886. The SMILES string of the molecule is CCOc1ccc(NCC(=O)N2CCCCC2)cc1. The number of anilines is 1. The minimum Gasteiger partial charge on any atom is -0.494 e. The van der Waals surface area contributed by atoms with Crippen molar-refractivity contribution in [1.82, 2.24) is 4.90 Å². The zero-order valence-corrected chi connectivity index (χ0v) is 11.5. The molecule has 0 aliphatic carbocycles. The molecule has 1 aromatic rings. The van der Waals surface area contributed by atoms with Crippen molar-refractivity contribution in [2.75, 3.05) is 31.6 Å². The molecule has 1 aliphatic heterocycles. The Balaban J connectivity index is 1.79. The van der Waals surface area contributed by atoms with Crippen LogP contribution in [0.25, 0.3) is 0 Å². The predicted octanol–water partition coefficient (Wildman–Crippen LogP) is 2.51. The highest BCUT2D eigenvalue weighted by molar-refractivity contribution is 5.80. The van der Waals surface area contributed by atoms with Gasteiger partial charge in [-0.2, -0.15) is 0 Å². The van der Waals surface area contributed by atoms with Crippen LogP contribution in [0.2, 0.25) is 0 Å². The van der Waals surface area contributed by atoms with Gasteiger partial charge in [-0.3, -0.25) is 4.79 Å². The van der Waals surface area contributed by atoms with E-state index in [0.717, 1.165) is 37.4 Å². The highest BCUT2D eigenvalue weighted by atomic mass is 16.5. The Kier molecular flexibility index (Phi) is 5.07. The summed E-state index contributed by atoms with van der Waals surface area (Å²) in [6.07, 6.45) is 3.51. The molecule has 4 heteroatoms. The van der Waals surface area contributed by atoms with Crippen LogP contribution in [0.1, 0.15) is 26.2 Å². The van der Waals surface area contributed by atoms with E-state index in [1.807, 2.05) is 36.1 Å². The van der Waals surface area contributed by atoms with Gasteiger partial charge >= 0.3 is 0 Å². The number of hydrogen-bond acceptors (Lipinski definition) is 3. The number of likely N-dealkylation sites (tertiary alicyclic amines) is 1. The molecule has 0 spiro atoms. The molecule has 104 valence electrons. The number of ether oxygens (including phenoxy) is 1. The molecule has 4 nitrogen and oxygen atoms in total. The Morgan fingerprint density at radius 1 is 1.21 bits per heavy atom. The summed E-state index contributed by atoms with van der Waals surface area (Å²) >= 11 is 0. The van der Waals surface area contributed by atoms with Gasteiger partial charge in [-0.25, -0.2) is 0 Å². The van der Waals surface area contributed by atoms with Crippen molar-refractivity contribution in [3.63, 3.8) is 0 Å². The molecule has 1 heterocycles. The number of hydrogen-bond donors (Lipinski definition) is 1. The Labute approximate surface area is 114 Å². The topological polar surface area (TPSA) is 41.6 Å². The van der Waals surface area contributed by atoms with Crippen molar-refractivity contribution in [3.05, 3.63) is 24.3 Å². The number of benzene rings is 1. The summed E-state index contributed by atoms with van der Waals surface area (Å²) in [6, 6.07) is 7.71. The molecule has 0 atom stereocenters. The first-order valence-corrected chi connectivity index (χ1v) is 7.04. The monoisotopic (exact) mass is 262 g/mol. The van der Waals surface area contributed by atoms with Crippen LogP contribution < -0.4 is 10.1 Å². The van der Waals surface area contributed by atoms with Gasteiger partial charge in [-0.1, -0.05) is 0 Å². The first kappa shape index (κ1) is 13.7. The average Bonchev–Trinajstić information content (AvgIpc) is 2.47. The van der Waals surface area contributed by atoms with Gasteiger partial charge < -0.3 is 15.0 Å². The van der Waals surface area contributed by atoms with Crippen LogP contribution in [0.5, 0.6) is 5.75 Å². The van der Waals surface area contributed by atoms with Crippen LogP contribution in [0, 0.1) is 0 Å². The van der Waals surface area contributed by atoms with Crippen molar-refractivity contribution in [3.8, 4) is 5.75 Å². The fourth-order valence-electron chi connectivity index (χ4n) is 2.27. The molecule has 0 unspecified atom stereocenters. The van der Waals surface area contributed by atoms with Gasteiger partial charge in [-0.05, 0) is 50.5 Å². The molecule has 1 amide bonds.